The van der Waals surface area contributed by atoms with Crippen LogP contribution in [0.5, 0.6) is 0 Å². The SMILES string of the molecule is CCC(CNC(=NC)NCCN(C)CCCOC)N1CCCC1. The molecule has 0 radical (unpaired) electrons. The quantitative estimate of drug-likeness (QED) is 0.337. The average Bonchev–Trinajstić information content (AvgIpc) is 3.08. The van der Waals surface area contributed by atoms with Crippen LogP contribution in [0.2, 0.25) is 0 Å². The van der Waals surface area contributed by atoms with Gasteiger partial charge >= 0.3 is 0 Å². The highest BCUT2D eigenvalue weighted by atomic mass is 16.5. The van der Waals surface area contributed by atoms with Crippen molar-refractivity contribution in [3.8, 4) is 0 Å². The first-order valence-electron chi connectivity index (χ1n) is 9.07. The maximum Gasteiger partial charge on any atom is 0.191 e. The Kier molecular flexibility index (Phi) is 11.0. The van der Waals surface area contributed by atoms with E-state index in [9.17, 15) is 0 Å². The Hall–Kier alpha value is -0.850. The molecule has 0 bridgehead atoms. The van der Waals surface area contributed by atoms with Crippen molar-refractivity contribution in [1.82, 2.24) is 20.4 Å². The summed E-state index contributed by atoms with van der Waals surface area (Å²) < 4.78 is 5.08. The summed E-state index contributed by atoms with van der Waals surface area (Å²) in [5.74, 6) is 0.910. The first kappa shape index (κ1) is 20.2. The molecule has 0 aromatic rings. The predicted molar refractivity (Wildman–Crippen MR) is 98.2 cm³/mol. The summed E-state index contributed by atoms with van der Waals surface area (Å²) >= 11 is 0. The second-order valence-electron chi connectivity index (χ2n) is 6.33. The largest absolute Gasteiger partial charge is 0.385 e. The number of hydrogen-bond acceptors (Lipinski definition) is 4. The van der Waals surface area contributed by atoms with Crippen molar-refractivity contribution in [2.24, 2.45) is 4.99 Å². The Morgan fingerprint density at radius 3 is 2.61 bits per heavy atom. The summed E-state index contributed by atoms with van der Waals surface area (Å²) in [5, 5.41) is 6.89. The van der Waals surface area contributed by atoms with Gasteiger partial charge in [0.25, 0.3) is 0 Å². The third kappa shape index (κ3) is 8.53. The maximum atomic E-state index is 5.08. The van der Waals surface area contributed by atoms with Gasteiger partial charge in [0.2, 0.25) is 0 Å². The highest BCUT2D eigenvalue weighted by Crippen LogP contribution is 2.13. The highest BCUT2D eigenvalue weighted by Gasteiger charge is 2.20. The highest BCUT2D eigenvalue weighted by molar-refractivity contribution is 5.79. The van der Waals surface area contributed by atoms with E-state index in [0.29, 0.717) is 6.04 Å². The van der Waals surface area contributed by atoms with E-state index in [2.05, 4.69) is 39.4 Å². The van der Waals surface area contributed by atoms with Crippen molar-refractivity contribution in [3.05, 3.63) is 0 Å². The molecule has 1 unspecified atom stereocenters. The number of rotatable bonds is 11. The zero-order chi connectivity index (χ0) is 16.9. The Labute approximate surface area is 142 Å². The minimum atomic E-state index is 0.618. The van der Waals surface area contributed by atoms with Crippen LogP contribution >= 0.6 is 0 Å². The van der Waals surface area contributed by atoms with Gasteiger partial charge < -0.3 is 20.3 Å². The van der Waals surface area contributed by atoms with E-state index in [-0.39, 0.29) is 0 Å². The van der Waals surface area contributed by atoms with Crippen LogP contribution in [-0.4, -0.2) is 88.9 Å². The van der Waals surface area contributed by atoms with E-state index in [1.165, 1.54) is 32.4 Å². The Morgan fingerprint density at radius 1 is 1.26 bits per heavy atom. The molecule has 1 aliphatic heterocycles. The molecular formula is C17H37N5O. The Bertz CT molecular complexity index is 318. The predicted octanol–water partition coefficient (Wildman–Crippen LogP) is 0.994. The molecule has 2 N–H and O–H groups in total. The van der Waals surface area contributed by atoms with Crippen LogP contribution in [-0.2, 0) is 4.74 Å². The van der Waals surface area contributed by atoms with Crippen molar-refractivity contribution in [3.63, 3.8) is 0 Å². The third-order valence-corrected chi connectivity index (χ3v) is 4.53. The molecule has 6 heteroatoms. The number of methoxy groups -OCH3 is 1. The van der Waals surface area contributed by atoms with Gasteiger partial charge in [-0.25, -0.2) is 0 Å². The van der Waals surface area contributed by atoms with Crippen LogP contribution in [0.15, 0.2) is 4.99 Å². The second-order valence-corrected chi connectivity index (χ2v) is 6.33. The molecule has 1 saturated heterocycles. The summed E-state index contributed by atoms with van der Waals surface area (Å²) in [6.45, 7) is 9.55. The van der Waals surface area contributed by atoms with E-state index in [4.69, 9.17) is 4.74 Å². The monoisotopic (exact) mass is 327 g/mol. The number of ether oxygens (including phenoxy) is 1. The summed E-state index contributed by atoms with van der Waals surface area (Å²) in [5.41, 5.74) is 0. The van der Waals surface area contributed by atoms with E-state index < -0.39 is 0 Å². The second kappa shape index (κ2) is 12.6. The molecule has 0 saturated carbocycles. The molecular weight excluding hydrogens is 290 g/mol. The Morgan fingerprint density at radius 2 is 2.00 bits per heavy atom. The minimum Gasteiger partial charge on any atom is -0.385 e. The van der Waals surface area contributed by atoms with Gasteiger partial charge in [-0.15, -0.1) is 0 Å². The zero-order valence-corrected chi connectivity index (χ0v) is 15.6. The fourth-order valence-corrected chi connectivity index (χ4v) is 3.03. The van der Waals surface area contributed by atoms with E-state index in [1.54, 1.807) is 7.11 Å². The topological polar surface area (TPSA) is 52.1 Å². The summed E-state index contributed by atoms with van der Waals surface area (Å²) in [6, 6.07) is 0.618. The van der Waals surface area contributed by atoms with Crippen LogP contribution in [0.1, 0.15) is 32.6 Å². The molecule has 1 atom stereocenters. The van der Waals surface area contributed by atoms with Crippen LogP contribution in [0, 0.1) is 0 Å². The fourth-order valence-electron chi connectivity index (χ4n) is 3.03. The molecule has 0 aliphatic carbocycles. The number of hydrogen-bond donors (Lipinski definition) is 2. The standard InChI is InChI=1S/C17H37N5O/c1-5-16(22-11-6-7-12-22)15-20-17(18-2)19-9-13-21(3)10-8-14-23-4/h16H,5-15H2,1-4H3,(H2,18,19,20). The lowest BCUT2D eigenvalue weighted by molar-refractivity contribution is 0.180. The number of likely N-dealkylation sites (N-methyl/N-ethyl adjacent to an activating group) is 1. The van der Waals surface area contributed by atoms with Gasteiger partial charge in [0.15, 0.2) is 5.96 Å². The molecule has 0 aromatic carbocycles. The number of likely N-dealkylation sites (tertiary alicyclic amines) is 1. The van der Waals surface area contributed by atoms with Crippen LogP contribution in [0.3, 0.4) is 0 Å². The first-order valence-corrected chi connectivity index (χ1v) is 9.07. The molecule has 1 aliphatic rings. The first-order chi connectivity index (χ1) is 11.2. The van der Waals surface area contributed by atoms with Gasteiger partial charge in [-0.05, 0) is 45.8 Å². The molecule has 1 rings (SSSR count). The van der Waals surface area contributed by atoms with Gasteiger partial charge in [-0.1, -0.05) is 6.92 Å². The van der Waals surface area contributed by atoms with Gasteiger partial charge in [0.05, 0.1) is 0 Å². The van der Waals surface area contributed by atoms with Gasteiger partial charge in [0, 0.05) is 53.0 Å². The lowest BCUT2D eigenvalue weighted by Gasteiger charge is -2.27. The summed E-state index contributed by atoms with van der Waals surface area (Å²) in [7, 11) is 5.74. The lowest BCUT2D eigenvalue weighted by atomic mass is 10.2. The van der Waals surface area contributed by atoms with Crippen LogP contribution < -0.4 is 10.6 Å². The fraction of sp³-hybridized carbons (Fsp3) is 0.941. The smallest absolute Gasteiger partial charge is 0.191 e. The summed E-state index contributed by atoms with van der Waals surface area (Å²) in [6.07, 6.45) is 4.96. The number of nitrogens with one attached hydrogen (secondary N) is 2. The summed E-state index contributed by atoms with van der Waals surface area (Å²) in [4.78, 5) is 9.25. The number of guanidine groups is 1. The van der Waals surface area contributed by atoms with E-state index in [1.807, 2.05) is 7.05 Å². The van der Waals surface area contributed by atoms with Crippen molar-refractivity contribution in [2.75, 3.05) is 67.1 Å². The lowest BCUT2D eigenvalue weighted by Crippen LogP contribution is -2.47. The zero-order valence-electron chi connectivity index (χ0n) is 15.6. The van der Waals surface area contributed by atoms with Crippen molar-refractivity contribution in [2.45, 2.75) is 38.6 Å². The number of aliphatic imine (C=N–C) groups is 1. The van der Waals surface area contributed by atoms with Crippen molar-refractivity contribution in [1.29, 1.82) is 0 Å². The van der Waals surface area contributed by atoms with E-state index in [0.717, 1.165) is 45.2 Å². The van der Waals surface area contributed by atoms with Crippen molar-refractivity contribution < 1.29 is 4.74 Å². The van der Waals surface area contributed by atoms with Crippen LogP contribution in [0.25, 0.3) is 0 Å². The maximum absolute atomic E-state index is 5.08. The molecule has 0 aromatic heterocycles. The van der Waals surface area contributed by atoms with Gasteiger partial charge in [0.1, 0.15) is 0 Å². The van der Waals surface area contributed by atoms with Crippen molar-refractivity contribution >= 4 is 5.96 Å². The number of nitrogens with zero attached hydrogens (tertiary/aromatic N) is 3. The molecule has 0 amide bonds. The Balaban J connectivity index is 2.18. The van der Waals surface area contributed by atoms with Crippen LogP contribution in [0.4, 0.5) is 0 Å². The minimum absolute atomic E-state index is 0.618. The van der Waals surface area contributed by atoms with Gasteiger partial charge in [-0.3, -0.25) is 9.89 Å². The normalized spacial score (nSPS) is 17.7. The average molecular weight is 328 g/mol. The van der Waals surface area contributed by atoms with Gasteiger partial charge in [-0.2, -0.15) is 0 Å². The third-order valence-electron chi connectivity index (χ3n) is 4.53. The molecule has 1 fully saturated rings. The molecule has 6 nitrogen and oxygen atoms in total. The molecule has 1 heterocycles. The molecule has 0 spiro atoms. The van der Waals surface area contributed by atoms with E-state index >= 15 is 0 Å². The molecule has 23 heavy (non-hydrogen) atoms. The molecule has 136 valence electrons.